The van der Waals surface area contributed by atoms with Gasteiger partial charge in [-0.15, -0.1) is 0 Å². The molecule has 11 heavy (non-hydrogen) atoms. The number of rotatable bonds is 3. The molecular weight excluding hydrogens is 144 g/mol. The second-order valence-electron chi connectivity index (χ2n) is 2.46. The summed E-state index contributed by atoms with van der Waals surface area (Å²) < 4.78 is 10.5. The number of ether oxygens (including phenoxy) is 2. The van der Waals surface area contributed by atoms with Crippen molar-refractivity contribution in [3.8, 4) is 0 Å². The van der Waals surface area contributed by atoms with Crippen LogP contribution in [0.3, 0.4) is 0 Å². The van der Waals surface area contributed by atoms with Crippen molar-refractivity contribution < 1.29 is 14.6 Å². The molecule has 1 aliphatic heterocycles. The van der Waals surface area contributed by atoms with Gasteiger partial charge in [0.25, 0.3) is 0 Å². The third kappa shape index (κ3) is 2.20. The van der Waals surface area contributed by atoms with E-state index in [-0.39, 0.29) is 18.8 Å². The van der Waals surface area contributed by atoms with Crippen LogP contribution in [0.5, 0.6) is 0 Å². The highest BCUT2D eigenvalue weighted by Crippen LogP contribution is 2.14. The first kappa shape index (κ1) is 8.56. The fourth-order valence-electron chi connectivity index (χ4n) is 1.14. The van der Waals surface area contributed by atoms with E-state index in [2.05, 4.69) is 0 Å². The molecule has 3 heteroatoms. The summed E-state index contributed by atoms with van der Waals surface area (Å²) in [7, 11) is 0. The number of aliphatic hydroxyl groups excluding tert-OH is 1. The van der Waals surface area contributed by atoms with E-state index >= 15 is 0 Å². The standard InChI is InChI=1S/C8H14O3/c1-2-10-7-4-3-5-11-8(7)6-9/h3,5,7-9H,2,4,6H2,1H3/t7-,8?/m0/s1. The summed E-state index contributed by atoms with van der Waals surface area (Å²) in [5.74, 6) is 0. The van der Waals surface area contributed by atoms with Crippen LogP contribution >= 0.6 is 0 Å². The molecule has 0 aromatic carbocycles. The third-order valence-corrected chi connectivity index (χ3v) is 1.69. The molecule has 0 spiro atoms. The minimum atomic E-state index is -0.181. The van der Waals surface area contributed by atoms with Gasteiger partial charge in [0.15, 0.2) is 0 Å². The smallest absolute Gasteiger partial charge is 0.147 e. The van der Waals surface area contributed by atoms with Gasteiger partial charge >= 0.3 is 0 Å². The average Bonchev–Trinajstić information content (AvgIpc) is 2.06. The molecule has 0 amide bonds. The normalized spacial score (nSPS) is 30.0. The molecule has 1 aliphatic rings. The molecule has 0 aromatic heterocycles. The molecular formula is C8H14O3. The van der Waals surface area contributed by atoms with Gasteiger partial charge in [0.1, 0.15) is 12.2 Å². The number of hydrogen-bond donors (Lipinski definition) is 1. The van der Waals surface area contributed by atoms with Crippen LogP contribution < -0.4 is 0 Å². The summed E-state index contributed by atoms with van der Waals surface area (Å²) in [6, 6.07) is 0. The van der Waals surface area contributed by atoms with Crippen LogP contribution in [0.15, 0.2) is 12.3 Å². The maximum absolute atomic E-state index is 8.85. The predicted molar refractivity (Wildman–Crippen MR) is 41.1 cm³/mol. The lowest BCUT2D eigenvalue weighted by atomic mass is 10.1. The molecule has 1 N–H and O–H groups in total. The quantitative estimate of drug-likeness (QED) is 0.656. The summed E-state index contributed by atoms with van der Waals surface area (Å²) in [6.45, 7) is 2.63. The molecule has 0 saturated carbocycles. The zero-order chi connectivity index (χ0) is 8.10. The van der Waals surface area contributed by atoms with Gasteiger partial charge in [-0.05, 0) is 19.4 Å². The second kappa shape index (κ2) is 4.36. The van der Waals surface area contributed by atoms with E-state index < -0.39 is 0 Å². The lowest BCUT2D eigenvalue weighted by Crippen LogP contribution is -2.35. The van der Waals surface area contributed by atoms with Crippen molar-refractivity contribution in [1.29, 1.82) is 0 Å². The zero-order valence-corrected chi connectivity index (χ0v) is 6.69. The Morgan fingerprint density at radius 3 is 3.18 bits per heavy atom. The fourth-order valence-corrected chi connectivity index (χ4v) is 1.14. The minimum Gasteiger partial charge on any atom is -0.493 e. The van der Waals surface area contributed by atoms with Crippen LogP contribution in [0.4, 0.5) is 0 Å². The first-order valence-electron chi connectivity index (χ1n) is 3.91. The average molecular weight is 158 g/mol. The van der Waals surface area contributed by atoms with E-state index in [4.69, 9.17) is 14.6 Å². The second-order valence-corrected chi connectivity index (χ2v) is 2.46. The van der Waals surface area contributed by atoms with Crippen molar-refractivity contribution in [2.24, 2.45) is 0 Å². The molecule has 0 aromatic rings. The summed E-state index contributed by atoms with van der Waals surface area (Å²) in [6.07, 6.45) is 4.21. The van der Waals surface area contributed by atoms with Gasteiger partial charge in [0, 0.05) is 6.61 Å². The van der Waals surface area contributed by atoms with Crippen LogP contribution in [-0.4, -0.2) is 30.5 Å². The van der Waals surface area contributed by atoms with E-state index in [9.17, 15) is 0 Å². The van der Waals surface area contributed by atoms with Crippen molar-refractivity contribution >= 4 is 0 Å². The molecule has 0 saturated heterocycles. The topological polar surface area (TPSA) is 38.7 Å². The highest BCUT2D eigenvalue weighted by molar-refractivity contribution is 4.89. The summed E-state index contributed by atoms with van der Waals surface area (Å²) in [5.41, 5.74) is 0. The summed E-state index contributed by atoms with van der Waals surface area (Å²) in [4.78, 5) is 0. The summed E-state index contributed by atoms with van der Waals surface area (Å²) >= 11 is 0. The molecule has 0 aliphatic carbocycles. The maximum atomic E-state index is 8.85. The van der Waals surface area contributed by atoms with Crippen molar-refractivity contribution in [3.05, 3.63) is 12.3 Å². The van der Waals surface area contributed by atoms with Gasteiger partial charge in [0.05, 0.1) is 12.9 Å². The molecule has 3 nitrogen and oxygen atoms in total. The molecule has 0 bridgehead atoms. The van der Waals surface area contributed by atoms with Crippen LogP contribution in [0.2, 0.25) is 0 Å². The van der Waals surface area contributed by atoms with Gasteiger partial charge < -0.3 is 14.6 Å². The highest BCUT2D eigenvalue weighted by Gasteiger charge is 2.23. The molecule has 0 radical (unpaired) electrons. The lowest BCUT2D eigenvalue weighted by Gasteiger charge is -2.26. The molecule has 0 fully saturated rings. The largest absolute Gasteiger partial charge is 0.493 e. The van der Waals surface area contributed by atoms with Crippen LogP contribution in [-0.2, 0) is 9.47 Å². The van der Waals surface area contributed by atoms with E-state index in [1.54, 1.807) is 6.26 Å². The molecule has 1 heterocycles. The van der Waals surface area contributed by atoms with Gasteiger partial charge in [-0.3, -0.25) is 0 Å². The predicted octanol–water partition coefficient (Wildman–Crippen LogP) is 0.686. The minimum absolute atomic E-state index is 0.0228. The third-order valence-electron chi connectivity index (χ3n) is 1.69. The number of aliphatic hydroxyl groups is 1. The van der Waals surface area contributed by atoms with Crippen LogP contribution in [0, 0.1) is 0 Å². The Hall–Kier alpha value is -0.540. The maximum Gasteiger partial charge on any atom is 0.147 e. The molecule has 2 atom stereocenters. The Balaban J connectivity index is 2.40. The molecule has 1 rings (SSSR count). The van der Waals surface area contributed by atoms with Crippen molar-refractivity contribution in [3.63, 3.8) is 0 Å². The highest BCUT2D eigenvalue weighted by atomic mass is 16.5. The van der Waals surface area contributed by atoms with E-state index in [0.717, 1.165) is 6.42 Å². The van der Waals surface area contributed by atoms with E-state index in [1.807, 2.05) is 13.0 Å². The Labute approximate surface area is 66.6 Å². The Morgan fingerprint density at radius 1 is 1.73 bits per heavy atom. The Bertz CT molecular complexity index is 133. The van der Waals surface area contributed by atoms with Crippen molar-refractivity contribution in [1.82, 2.24) is 0 Å². The van der Waals surface area contributed by atoms with Gasteiger partial charge in [0.2, 0.25) is 0 Å². The Kier molecular flexibility index (Phi) is 3.39. The Morgan fingerprint density at radius 2 is 2.55 bits per heavy atom. The van der Waals surface area contributed by atoms with Crippen molar-refractivity contribution in [2.75, 3.05) is 13.2 Å². The van der Waals surface area contributed by atoms with Gasteiger partial charge in [-0.2, -0.15) is 0 Å². The number of hydrogen-bond acceptors (Lipinski definition) is 3. The van der Waals surface area contributed by atoms with Gasteiger partial charge in [-0.25, -0.2) is 0 Å². The van der Waals surface area contributed by atoms with Crippen LogP contribution in [0.25, 0.3) is 0 Å². The summed E-state index contributed by atoms with van der Waals surface area (Å²) in [5, 5.41) is 8.85. The monoisotopic (exact) mass is 158 g/mol. The SMILES string of the molecule is CCO[C@H]1CC=COC1CO. The zero-order valence-electron chi connectivity index (χ0n) is 6.69. The molecule has 64 valence electrons. The van der Waals surface area contributed by atoms with E-state index in [1.165, 1.54) is 0 Å². The first-order chi connectivity index (χ1) is 5.38. The fraction of sp³-hybridized carbons (Fsp3) is 0.750. The lowest BCUT2D eigenvalue weighted by molar-refractivity contribution is -0.0667. The molecule has 1 unspecified atom stereocenters. The first-order valence-corrected chi connectivity index (χ1v) is 3.91. The van der Waals surface area contributed by atoms with E-state index in [0.29, 0.717) is 6.61 Å². The van der Waals surface area contributed by atoms with Crippen molar-refractivity contribution in [2.45, 2.75) is 25.6 Å². The van der Waals surface area contributed by atoms with Gasteiger partial charge in [-0.1, -0.05) is 0 Å². The van der Waals surface area contributed by atoms with Crippen LogP contribution in [0.1, 0.15) is 13.3 Å².